The van der Waals surface area contributed by atoms with Crippen LogP contribution in [0.5, 0.6) is 0 Å². The van der Waals surface area contributed by atoms with E-state index in [0.29, 0.717) is 18.5 Å². The molecule has 1 unspecified atom stereocenters. The number of nitrogens with zero attached hydrogens (tertiary/aromatic N) is 1. The van der Waals surface area contributed by atoms with Crippen molar-refractivity contribution in [1.82, 2.24) is 4.31 Å². The molecule has 0 N–H and O–H groups in total. The van der Waals surface area contributed by atoms with Crippen LogP contribution in [0.1, 0.15) is 64.9 Å². The fraction of sp³-hybridized carbons (Fsp3) is 0.524. The maximum absolute atomic E-state index is 13.2. The van der Waals surface area contributed by atoms with Crippen LogP contribution in [0.2, 0.25) is 0 Å². The molecule has 1 amide bonds. The first-order valence-corrected chi connectivity index (χ1v) is 11.1. The summed E-state index contributed by atoms with van der Waals surface area (Å²) >= 11 is 0. The van der Waals surface area contributed by atoms with Crippen LogP contribution >= 0.6 is 0 Å². The number of allylic oxidation sites excluding steroid dienone is 1. The van der Waals surface area contributed by atoms with Gasteiger partial charge in [0.25, 0.3) is 10.0 Å². The minimum atomic E-state index is -4.10. The number of rotatable bonds is 9. The third-order valence-corrected chi connectivity index (χ3v) is 6.58. The van der Waals surface area contributed by atoms with Crippen LogP contribution in [0, 0.1) is 6.92 Å². The number of cyclic esters (lactones) is 1. The number of Topliss-reactive ketones (excluding diaryl/α,β-unsaturated/α-hetero) is 1. The minimum Gasteiger partial charge on any atom is -0.436 e. The molecule has 0 aliphatic carbocycles. The molecule has 1 aliphatic heterocycles. The van der Waals surface area contributed by atoms with E-state index >= 15 is 0 Å². The molecule has 6 nitrogen and oxygen atoms in total. The normalized spacial score (nSPS) is 21.2. The van der Waals surface area contributed by atoms with Crippen molar-refractivity contribution in [3.63, 3.8) is 0 Å². The Balaban J connectivity index is 2.45. The van der Waals surface area contributed by atoms with Gasteiger partial charge in [0, 0.05) is 6.42 Å². The standard InChI is InChI=1S/C21H29NO5S/c1-5-6-7-15-21(4)19(10-8-9-17(3)23)22(20(24)27-21)28(25,26)18-13-11-16(2)12-14-18/h10-14H,5-9,15H2,1-4H3/b19-10+. The second-order valence-corrected chi connectivity index (χ2v) is 9.26. The topological polar surface area (TPSA) is 80.8 Å². The number of aryl methyl sites for hydroxylation is 1. The van der Waals surface area contributed by atoms with Gasteiger partial charge in [-0.1, -0.05) is 43.5 Å². The molecule has 7 heteroatoms. The number of sulfonamides is 1. The highest BCUT2D eigenvalue weighted by atomic mass is 32.2. The first-order valence-electron chi connectivity index (χ1n) is 9.67. The maximum Gasteiger partial charge on any atom is 0.429 e. The molecule has 1 aromatic rings. The molecule has 0 bridgehead atoms. The summed E-state index contributed by atoms with van der Waals surface area (Å²) < 4.78 is 32.7. The monoisotopic (exact) mass is 407 g/mol. The van der Waals surface area contributed by atoms with E-state index in [1.165, 1.54) is 19.1 Å². The smallest absolute Gasteiger partial charge is 0.429 e. The van der Waals surface area contributed by atoms with E-state index in [0.717, 1.165) is 29.1 Å². The predicted octanol–water partition coefficient (Wildman–Crippen LogP) is 4.73. The van der Waals surface area contributed by atoms with Crippen molar-refractivity contribution >= 4 is 21.9 Å². The number of ether oxygens (including phenoxy) is 1. The highest BCUT2D eigenvalue weighted by Gasteiger charge is 2.51. The lowest BCUT2D eigenvalue weighted by atomic mass is 9.94. The van der Waals surface area contributed by atoms with Crippen molar-refractivity contribution < 1.29 is 22.7 Å². The Morgan fingerprint density at radius 2 is 1.86 bits per heavy atom. The second kappa shape index (κ2) is 8.90. The van der Waals surface area contributed by atoms with Crippen LogP contribution in [0.3, 0.4) is 0 Å². The van der Waals surface area contributed by atoms with Gasteiger partial charge in [0.05, 0.1) is 10.6 Å². The summed E-state index contributed by atoms with van der Waals surface area (Å²) in [5.74, 6) is 0.00252. The van der Waals surface area contributed by atoms with Gasteiger partial charge in [-0.2, -0.15) is 4.31 Å². The van der Waals surface area contributed by atoms with Gasteiger partial charge < -0.3 is 9.53 Å². The van der Waals surface area contributed by atoms with Crippen molar-refractivity contribution in [2.24, 2.45) is 0 Å². The van der Waals surface area contributed by atoms with E-state index < -0.39 is 21.7 Å². The third kappa shape index (κ3) is 4.82. The summed E-state index contributed by atoms with van der Waals surface area (Å²) in [7, 11) is -4.10. The molecule has 1 aliphatic rings. The fourth-order valence-electron chi connectivity index (χ4n) is 3.25. The van der Waals surface area contributed by atoms with E-state index in [9.17, 15) is 18.0 Å². The zero-order valence-corrected chi connectivity index (χ0v) is 17.8. The third-order valence-electron chi connectivity index (χ3n) is 4.89. The van der Waals surface area contributed by atoms with Crippen molar-refractivity contribution in [2.45, 2.75) is 76.7 Å². The Morgan fingerprint density at radius 3 is 2.43 bits per heavy atom. The minimum absolute atomic E-state index is 0.00252. The van der Waals surface area contributed by atoms with Crippen LogP contribution in [0.15, 0.2) is 40.9 Å². The van der Waals surface area contributed by atoms with Gasteiger partial charge in [0.1, 0.15) is 5.78 Å². The number of hydrogen-bond donors (Lipinski definition) is 0. The summed E-state index contributed by atoms with van der Waals surface area (Å²) in [6, 6.07) is 6.34. The van der Waals surface area contributed by atoms with E-state index in [4.69, 9.17) is 4.74 Å². The number of benzene rings is 1. The summed E-state index contributed by atoms with van der Waals surface area (Å²) in [5.41, 5.74) is 0.195. The summed E-state index contributed by atoms with van der Waals surface area (Å²) in [5, 5.41) is 0. The van der Waals surface area contributed by atoms with Crippen molar-refractivity contribution in [1.29, 1.82) is 0 Å². The number of amides is 1. The molecule has 1 atom stereocenters. The van der Waals surface area contributed by atoms with E-state index in [2.05, 4.69) is 6.92 Å². The number of carbonyl (C=O) groups is 2. The maximum atomic E-state index is 13.2. The van der Waals surface area contributed by atoms with Gasteiger partial charge in [-0.25, -0.2) is 13.2 Å². The van der Waals surface area contributed by atoms with Crippen LogP contribution < -0.4 is 0 Å². The molecular formula is C21H29NO5S. The Bertz CT molecular complexity index is 857. The molecule has 1 saturated heterocycles. The highest BCUT2D eigenvalue weighted by Crippen LogP contribution is 2.41. The zero-order chi connectivity index (χ0) is 20.9. The van der Waals surface area contributed by atoms with Crippen LogP contribution in [-0.4, -0.2) is 30.2 Å². The van der Waals surface area contributed by atoms with Gasteiger partial charge in [-0.15, -0.1) is 0 Å². The molecule has 28 heavy (non-hydrogen) atoms. The lowest BCUT2D eigenvalue weighted by molar-refractivity contribution is -0.116. The van der Waals surface area contributed by atoms with Crippen molar-refractivity contribution in [3.8, 4) is 0 Å². The Kier molecular flexibility index (Phi) is 7.04. The van der Waals surface area contributed by atoms with Gasteiger partial charge in [-0.3, -0.25) is 0 Å². The number of unbranched alkanes of at least 4 members (excludes halogenated alkanes) is 2. The number of ketones is 1. The van der Waals surface area contributed by atoms with Gasteiger partial charge >= 0.3 is 6.09 Å². The quantitative estimate of drug-likeness (QED) is 0.553. The Labute approximate surface area is 167 Å². The second-order valence-electron chi connectivity index (χ2n) is 7.47. The lowest BCUT2D eigenvalue weighted by Crippen LogP contribution is -2.33. The summed E-state index contributed by atoms with van der Waals surface area (Å²) in [6.07, 6.45) is 4.68. The van der Waals surface area contributed by atoms with E-state index in [-0.39, 0.29) is 17.1 Å². The molecule has 0 aromatic heterocycles. The molecule has 0 saturated carbocycles. The van der Waals surface area contributed by atoms with Crippen molar-refractivity contribution in [3.05, 3.63) is 41.6 Å². The molecule has 1 aromatic carbocycles. The largest absolute Gasteiger partial charge is 0.436 e. The summed E-state index contributed by atoms with van der Waals surface area (Å²) in [6.45, 7) is 7.15. The zero-order valence-electron chi connectivity index (χ0n) is 17.0. The van der Waals surface area contributed by atoms with Gasteiger partial charge in [0.15, 0.2) is 5.60 Å². The molecule has 0 radical (unpaired) electrons. The molecule has 1 heterocycles. The number of hydrogen-bond acceptors (Lipinski definition) is 5. The Morgan fingerprint density at radius 1 is 1.21 bits per heavy atom. The van der Waals surface area contributed by atoms with Gasteiger partial charge in [0.2, 0.25) is 0 Å². The molecule has 2 rings (SSSR count). The first-order chi connectivity index (χ1) is 13.1. The fourth-order valence-corrected chi connectivity index (χ4v) is 4.70. The Hall–Kier alpha value is -2.15. The van der Waals surface area contributed by atoms with Crippen molar-refractivity contribution in [2.75, 3.05) is 0 Å². The molecule has 154 valence electrons. The van der Waals surface area contributed by atoms with Crippen LogP contribution in [0.4, 0.5) is 4.79 Å². The first kappa shape index (κ1) is 22.1. The van der Waals surface area contributed by atoms with Gasteiger partial charge in [-0.05, 0) is 52.2 Å². The summed E-state index contributed by atoms with van der Waals surface area (Å²) in [4.78, 5) is 24.0. The molecule has 1 fully saturated rings. The van der Waals surface area contributed by atoms with E-state index in [1.807, 2.05) is 6.92 Å². The lowest BCUT2D eigenvalue weighted by Gasteiger charge is -2.25. The predicted molar refractivity (Wildman–Crippen MR) is 107 cm³/mol. The molecule has 0 spiro atoms. The average molecular weight is 408 g/mol. The number of carbonyl (C=O) groups excluding carboxylic acids is 2. The van der Waals surface area contributed by atoms with Crippen LogP contribution in [0.25, 0.3) is 0 Å². The highest BCUT2D eigenvalue weighted by molar-refractivity contribution is 7.89. The molecular weight excluding hydrogens is 378 g/mol. The van der Waals surface area contributed by atoms with Crippen LogP contribution in [-0.2, 0) is 19.6 Å². The van der Waals surface area contributed by atoms with E-state index in [1.54, 1.807) is 25.1 Å². The SMILES string of the molecule is CCCCCC1(C)OC(=O)N(S(=O)(=O)c2ccc(C)cc2)/C1=C/CCC(C)=O. The average Bonchev–Trinajstić information content (AvgIpc) is 2.86.